The van der Waals surface area contributed by atoms with Gasteiger partial charge in [0.05, 0.1) is 5.92 Å². The van der Waals surface area contributed by atoms with Crippen LogP contribution in [0.4, 0.5) is 8.68 Å². The molecular formula is C9H18FN3O5S. The van der Waals surface area contributed by atoms with Crippen molar-refractivity contribution in [3.63, 3.8) is 0 Å². The molecule has 0 aromatic rings. The topological polar surface area (TPSA) is 130 Å². The summed E-state index contributed by atoms with van der Waals surface area (Å²) in [6.45, 7) is 1.81. The number of nitrogens with zero attached hydrogens (tertiary/aromatic N) is 1. The van der Waals surface area contributed by atoms with Crippen LogP contribution in [0.1, 0.15) is 26.2 Å². The zero-order chi connectivity index (χ0) is 15.2. The van der Waals surface area contributed by atoms with E-state index in [1.54, 1.807) is 5.32 Å². The smallest absolute Gasteiger partial charge is 0.376 e. The lowest BCUT2D eigenvalue weighted by molar-refractivity contribution is -0.130. The number of rotatable bonds is 7. The van der Waals surface area contributed by atoms with Gasteiger partial charge in [-0.3, -0.25) is 10.1 Å². The molecule has 3 amide bonds. The van der Waals surface area contributed by atoms with Crippen LogP contribution in [0.15, 0.2) is 0 Å². The largest absolute Gasteiger partial charge is 0.376 e. The van der Waals surface area contributed by atoms with Crippen LogP contribution in [-0.4, -0.2) is 43.0 Å². The molecule has 0 fully saturated rings. The highest BCUT2D eigenvalue weighted by atomic mass is 32.3. The number of aliphatic hydroxyl groups excluding tert-OH is 1. The molecule has 0 aromatic carbocycles. The van der Waals surface area contributed by atoms with Gasteiger partial charge in [-0.25, -0.2) is 4.79 Å². The van der Waals surface area contributed by atoms with Crippen molar-refractivity contribution in [2.45, 2.75) is 32.4 Å². The Morgan fingerprint density at radius 1 is 1.47 bits per heavy atom. The average Bonchev–Trinajstić information content (AvgIpc) is 2.25. The Balaban J connectivity index is 5.02. The van der Waals surface area contributed by atoms with Crippen LogP contribution in [0.5, 0.6) is 0 Å². The Hall–Kier alpha value is -1.26. The highest BCUT2D eigenvalue weighted by Gasteiger charge is 2.35. The molecule has 0 aliphatic heterocycles. The van der Waals surface area contributed by atoms with Crippen LogP contribution in [0.2, 0.25) is 0 Å². The first-order valence-electron chi connectivity index (χ1n) is 5.57. The van der Waals surface area contributed by atoms with Gasteiger partial charge in [0.25, 0.3) is 0 Å². The standard InChI is InChI=1S/C9H18FN3O5S/c1-3-4-5-6(7(14)12-9(11)16)8(15)13(2)19(10,17)18/h6,8,15H,3-5H2,1-2H3,(H3,11,12,14,16)/t6-,8?/m0/s1. The third-order valence-electron chi connectivity index (χ3n) is 2.53. The first kappa shape index (κ1) is 17.7. The van der Waals surface area contributed by atoms with E-state index in [0.29, 0.717) is 12.8 Å². The highest BCUT2D eigenvalue weighted by Crippen LogP contribution is 2.18. The van der Waals surface area contributed by atoms with E-state index >= 15 is 0 Å². The molecule has 8 nitrogen and oxygen atoms in total. The lowest BCUT2D eigenvalue weighted by Gasteiger charge is -2.26. The maximum Gasteiger partial charge on any atom is 0.376 e. The monoisotopic (exact) mass is 299 g/mol. The van der Waals surface area contributed by atoms with Crippen LogP contribution in [0.3, 0.4) is 0 Å². The molecule has 112 valence electrons. The van der Waals surface area contributed by atoms with Crippen molar-refractivity contribution in [2.24, 2.45) is 11.7 Å². The van der Waals surface area contributed by atoms with Gasteiger partial charge in [0.1, 0.15) is 6.23 Å². The predicted octanol–water partition coefficient (Wildman–Crippen LogP) is -0.548. The Morgan fingerprint density at radius 3 is 2.37 bits per heavy atom. The zero-order valence-corrected chi connectivity index (χ0v) is 11.5. The summed E-state index contributed by atoms with van der Waals surface area (Å²) < 4.78 is 34.1. The number of hydrogen-bond donors (Lipinski definition) is 3. The maximum atomic E-state index is 12.8. The molecule has 0 saturated carbocycles. The summed E-state index contributed by atoms with van der Waals surface area (Å²) in [7, 11) is -4.36. The van der Waals surface area contributed by atoms with E-state index in [1.165, 1.54) is 0 Å². The number of imide groups is 1. The SMILES string of the molecule is CCCC[C@@H](C(=O)NC(N)=O)C(O)N(C)S(=O)(=O)F. The number of nitrogens with one attached hydrogen (secondary N) is 1. The summed E-state index contributed by atoms with van der Waals surface area (Å²) in [5, 5.41) is 11.5. The molecule has 2 atom stereocenters. The zero-order valence-electron chi connectivity index (χ0n) is 10.7. The molecule has 19 heavy (non-hydrogen) atoms. The van der Waals surface area contributed by atoms with Crippen molar-refractivity contribution >= 4 is 22.3 Å². The van der Waals surface area contributed by atoms with Crippen molar-refractivity contribution in [1.82, 2.24) is 9.62 Å². The van der Waals surface area contributed by atoms with Crippen LogP contribution in [0, 0.1) is 5.92 Å². The van der Waals surface area contributed by atoms with Crippen molar-refractivity contribution in [2.75, 3.05) is 7.05 Å². The van der Waals surface area contributed by atoms with E-state index in [2.05, 4.69) is 0 Å². The summed E-state index contributed by atoms with van der Waals surface area (Å²) in [6, 6.07) is -1.13. The number of aliphatic hydroxyl groups is 1. The van der Waals surface area contributed by atoms with Gasteiger partial charge in [0.15, 0.2) is 0 Å². The Labute approximate surface area is 111 Å². The van der Waals surface area contributed by atoms with Gasteiger partial charge in [-0.05, 0) is 6.42 Å². The molecular weight excluding hydrogens is 281 g/mol. The normalized spacial score (nSPS) is 15.0. The van der Waals surface area contributed by atoms with Gasteiger partial charge in [0, 0.05) is 7.05 Å². The molecule has 0 aromatic heterocycles. The van der Waals surface area contributed by atoms with Crippen LogP contribution in [0.25, 0.3) is 0 Å². The first-order chi connectivity index (χ1) is 8.61. The van der Waals surface area contributed by atoms with E-state index in [4.69, 9.17) is 5.73 Å². The van der Waals surface area contributed by atoms with Crippen molar-refractivity contribution < 1.29 is 27.0 Å². The highest BCUT2D eigenvalue weighted by molar-refractivity contribution is 7.83. The Bertz CT molecular complexity index is 428. The van der Waals surface area contributed by atoms with Crippen molar-refractivity contribution in [3.8, 4) is 0 Å². The minimum absolute atomic E-state index is 0.0217. The van der Waals surface area contributed by atoms with Gasteiger partial charge in [-0.15, -0.1) is 0 Å². The second-order valence-corrected chi connectivity index (χ2v) is 5.37. The molecule has 0 bridgehead atoms. The maximum absolute atomic E-state index is 12.8. The van der Waals surface area contributed by atoms with Crippen LogP contribution >= 0.6 is 0 Å². The first-order valence-corrected chi connectivity index (χ1v) is 6.91. The minimum atomic E-state index is -5.15. The third-order valence-corrected chi connectivity index (χ3v) is 3.43. The lowest BCUT2D eigenvalue weighted by atomic mass is 9.99. The van der Waals surface area contributed by atoms with Gasteiger partial charge < -0.3 is 10.8 Å². The number of primary amides is 1. The van der Waals surface area contributed by atoms with Crippen molar-refractivity contribution in [3.05, 3.63) is 0 Å². The van der Waals surface area contributed by atoms with Crippen LogP contribution < -0.4 is 11.1 Å². The molecule has 0 aliphatic carbocycles. The Kier molecular flexibility index (Phi) is 6.87. The van der Waals surface area contributed by atoms with Gasteiger partial charge in [-0.1, -0.05) is 23.7 Å². The predicted molar refractivity (Wildman–Crippen MR) is 64.5 cm³/mol. The van der Waals surface area contributed by atoms with E-state index in [0.717, 1.165) is 7.05 Å². The molecule has 0 saturated heterocycles. The number of carbonyl (C=O) groups is 2. The summed E-state index contributed by atoms with van der Waals surface area (Å²) in [4.78, 5) is 22.2. The molecule has 0 rings (SSSR count). The molecule has 0 radical (unpaired) electrons. The van der Waals surface area contributed by atoms with Crippen molar-refractivity contribution in [1.29, 1.82) is 0 Å². The quantitative estimate of drug-likeness (QED) is 0.429. The fraction of sp³-hybridized carbons (Fsp3) is 0.778. The summed E-state index contributed by atoms with van der Waals surface area (Å²) in [5.41, 5.74) is 4.76. The fourth-order valence-electron chi connectivity index (χ4n) is 1.44. The molecule has 4 N–H and O–H groups in total. The molecule has 1 unspecified atom stereocenters. The number of urea groups is 1. The van der Waals surface area contributed by atoms with Gasteiger partial charge in [-0.2, -0.15) is 12.7 Å². The number of halogens is 1. The number of unbranched alkanes of at least 4 members (excludes halogenated alkanes) is 1. The van der Waals surface area contributed by atoms with E-state index in [1.807, 2.05) is 6.92 Å². The minimum Gasteiger partial charge on any atom is -0.376 e. The Morgan fingerprint density at radius 2 is 2.00 bits per heavy atom. The lowest BCUT2D eigenvalue weighted by Crippen LogP contribution is -2.49. The third kappa shape index (κ3) is 5.94. The summed E-state index contributed by atoms with van der Waals surface area (Å²) in [6.07, 6.45) is -0.690. The average molecular weight is 299 g/mol. The summed E-state index contributed by atoms with van der Waals surface area (Å²) in [5.74, 6) is -2.24. The second kappa shape index (κ2) is 7.36. The molecule has 0 spiro atoms. The van der Waals surface area contributed by atoms with Crippen LogP contribution in [-0.2, 0) is 15.2 Å². The fourth-order valence-corrected chi connectivity index (χ4v) is 1.84. The van der Waals surface area contributed by atoms with E-state index in [9.17, 15) is 27.0 Å². The van der Waals surface area contributed by atoms with E-state index in [-0.39, 0.29) is 10.7 Å². The number of amides is 3. The number of nitrogens with two attached hydrogens (primary N) is 1. The van der Waals surface area contributed by atoms with E-state index < -0.39 is 34.5 Å². The molecule has 10 heteroatoms. The van der Waals surface area contributed by atoms with Gasteiger partial charge in [0.2, 0.25) is 5.91 Å². The molecule has 0 heterocycles. The second-order valence-electron chi connectivity index (χ2n) is 3.97. The summed E-state index contributed by atoms with van der Waals surface area (Å²) >= 11 is 0. The van der Waals surface area contributed by atoms with Gasteiger partial charge >= 0.3 is 16.4 Å². The number of hydrogen-bond acceptors (Lipinski definition) is 5. The number of carbonyl (C=O) groups excluding carboxylic acids is 2. The molecule has 0 aliphatic rings.